The summed E-state index contributed by atoms with van der Waals surface area (Å²) in [5, 5.41) is 10.3. The lowest BCUT2D eigenvalue weighted by molar-refractivity contribution is 0.700. The van der Waals surface area contributed by atoms with E-state index in [1.807, 2.05) is 35.8 Å². The van der Waals surface area contributed by atoms with Crippen molar-refractivity contribution in [2.45, 2.75) is 13.5 Å². The first kappa shape index (κ1) is 18.3. The van der Waals surface area contributed by atoms with Gasteiger partial charge in [0.2, 0.25) is 5.95 Å². The van der Waals surface area contributed by atoms with E-state index in [0.29, 0.717) is 41.8 Å². The fourth-order valence-corrected chi connectivity index (χ4v) is 3.54. The van der Waals surface area contributed by atoms with Crippen molar-refractivity contribution in [3.05, 3.63) is 50.1 Å². The first-order valence-electron chi connectivity index (χ1n) is 8.84. The molecule has 146 valence electrons. The van der Waals surface area contributed by atoms with E-state index in [-0.39, 0.29) is 5.56 Å². The first-order chi connectivity index (χ1) is 13.4. The maximum absolute atomic E-state index is 12.7. The molecule has 0 unspecified atom stereocenters. The lowest BCUT2D eigenvalue weighted by Gasteiger charge is -2.25. The van der Waals surface area contributed by atoms with E-state index in [1.165, 1.54) is 11.6 Å². The highest BCUT2D eigenvalue weighted by Gasteiger charge is 2.25. The summed E-state index contributed by atoms with van der Waals surface area (Å²) in [4.78, 5) is 29.5. The highest BCUT2D eigenvalue weighted by Crippen LogP contribution is 2.23. The van der Waals surface area contributed by atoms with Gasteiger partial charge < -0.3 is 5.32 Å². The van der Waals surface area contributed by atoms with Crippen LogP contribution in [-0.2, 0) is 20.6 Å². The smallest absolute Gasteiger partial charge is 0.332 e. The normalized spacial score (nSPS) is 13.6. The van der Waals surface area contributed by atoms with Gasteiger partial charge in [0.05, 0.1) is 18.8 Å². The van der Waals surface area contributed by atoms with Crippen LogP contribution in [0.2, 0.25) is 5.02 Å². The molecule has 1 aliphatic rings. The molecule has 0 saturated carbocycles. The minimum atomic E-state index is -0.403. The molecule has 0 spiro atoms. The van der Waals surface area contributed by atoms with Gasteiger partial charge >= 0.3 is 5.69 Å². The van der Waals surface area contributed by atoms with Crippen LogP contribution in [0.5, 0.6) is 0 Å². The number of nitrogens with zero attached hydrogens (tertiary/aromatic N) is 6. The molecule has 1 aliphatic heterocycles. The number of fused-ring (bicyclic) bond motifs is 3. The molecule has 0 fully saturated rings. The second kappa shape index (κ2) is 6.83. The lowest BCUT2D eigenvalue weighted by atomic mass is 10.3. The van der Waals surface area contributed by atoms with E-state index in [4.69, 9.17) is 11.6 Å². The summed E-state index contributed by atoms with van der Waals surface area (Å²) < 4.78 is 4.31. The second-order valence-electron chi connectivity index (χ2n) is 6.77. The van der Waals surface area contributed by atoms with Crippen molar-refractivity contribution in [3.63, 3.8) is 0 Å². The van der Waals surface area contributed by atoms with Crippen LogP contribution < -0.4 is 21.6 Å². The minimum Gasteiger partial charge on any atom is -0.383 e. The van der Waals surface area contributed by atoms with E-state index in [9.17, 15) is 9.59 Å². The van der Waals surface area contributed by atoms with Crippen LogP contribution in [0.15, 0.2) is 39.0 Å². The van der Waals surface area contributed by atoms with Crippen LogP contribution in [-0.4, -0.2) is 37.5 Å². The zero-order valence-corrected chi connectivity index (χ0v) is 16.6. The summed E-state index contributed by atoms with van der Waals surface area (Å²) >= 11 is 6.01. The molecule has 10 heteroatoms. The summed E-state index contributed by atoms with van der Waals surface area (Å²) in [7, 11) is 3.09. The quantitative estimate of drug-likeness (QED) is 0.713. The predicted molar refractivity (Wildman–Crippen MR) is 111 cm³/mol. The van der Waals surface area contributed by atoms with Gasteiger partial charge in [-0.2, -0.15) is 10.1 Å². The van der Waals surface area contributed by atoms with Crippen molar-refractivity contribution in [3.8, 4) is 0 Å². The standard InChI is InChI=1S/C18H20ClN7O2/c1-11-10-25-14-15(23(2)18(28)24(3)16(14)27)21-17(25)26(22-11)8-7-20-13-6-4-5-12(19)9-13/h4-6,9,20H,7-8,10H2,1-3H3. The molecule has 4 rings (SSSR count). The topological polar surface area (TPSA) is 89.5 Å². The Kier molecular flexibility index (Phi) is 4.46. The number of anilines is 2. The molecule has 0 amide bonds. The number of rotatable bonds is 4. The van der Waals surface area contributed by atoms with Gasteiger partial charge in [-0.3, -0.25) is 18.5 Å². The Morgan fingerprint density at radius 1 is 1.21 bits per heavy atom. The molecular weight excluding hydrogens is 382 g/mol. The maximum Gasteiger partial charge on any atom is 0.332 e. The van der Waals surface area contributed by atoms with E-state index in [0.717, 1.165) is 16.0 Å². The van der Waals surface area contributed by atoms with Crippen LogP contribution in [0.1, 0.15) is 6.92 Å². The number of imidazole rings is 1. The number of nitrogens with one attached hydrogen (secondary N) is 1. The van der Waals surface area contributed by atoms with Gasteiger partial charge in [-0.05, 0) is 25.1 Å². The van der Waals surface area contributed by atoms with Gasteiger partial charge in [-0.1, -0.05) is 17.7 Å². The molecule has 0 saturated heterocycles. The Labute approximate surface area is 165 Å². The molecule has 9 nitrogen and oxygen atoms in total. The average Bonchev–Trinajstić information content (AvgIpc) is 3.04. The molecule has 1 aromatic carbocycles. The fraction of sp³-hybridized carbons (Fsp3) is 0.333. The van der Waals surface area contributed by atoms with Crippen molar-refractivity contribution in [1.82, 2.24) is 18.7 Å². The fourth-order valence-electron chi connectivity index (χ4n) is 3.35. The number of aryl methyl sites for hydroxylation is 1. The molecular formula is C18H20ClN7O2. The Balaban J connectivity index is 1.68. The van der Waals surface area contributed by atoms with Crippen LogP contribution in [0.25, 0.3) is 11.2 Å². The number of benzene rings is 1. The number of halogens is 1. The third-order valence-electron chi connectivity index (χ3n) is 4.71. The molecule has 28 heavy (non-hydrogen) atoms. The largest absolute Gasteiger partial charge is 0.383 e. The van der Waals surface area contributed by atoms with Gasteiger partial charge in [0, 0.05) is 31.4 Å². The van der Waals surface area contributed by atoms with Gasteiger partial charge in [0.1, 0.15) is 0 Å². The molecule has 1 N–H and O–H groups in total. The van der Waals surface area contributed by atoms with E-state index in [1.54, 1.807) is 12.1 Å². The van der Waals surface area contributed by atoms with Gasteiger partial charge in [-0.25, -0.2) is 9.80 Å². The zero-order chi connectivity index (χ0) is 20.0. The van der Waals surface area contributed by atoms with Gasteiger partial charge in [0.25, 0.3) is 5.56 Å². The lowest BCUT2D eigenvalue weighted by Crippen LogP contribution is -2.38. The van der Waals surface area contributed by atoms with Gasteiger partial charge in [-0.15, -0.1) is 0 Å². The van der Waals surface area contributed by atoms with Crippen molar-refractivity contribution < 1.29 is 0 Å². The summed E-state index contributed by atoms with van der Waals surface area (Å²) in [6, 6.07) is 7.48. The van der Waals surface area contributed by atoms with E-state index in [2.05, 4.69) is 15.4 Å². The Morgan fingerprint density at radius 3 is 2.75 bits per heavy atom. The van der Waals surface area contributed by atoms with Crippen molar-refractivity contribution in [1.29, 1.82) is 0 Å². The Hall–Kier alpha value is -3.07. The van der Waals surface area contributed by atoms with E-state index < -0.39 is 5.69 Å². The first-order valence-corrected chi connectivity index (χ1v) is 9.22. The number of hydrazone groups is 1. The Morgan fingerprint density at radius 2 is 2.00 bits per heavy atom. The van der Waals surface area contributed by atoms with E-state index >= 15 is 0 Å². The van der Waals surface area contributed by atoms with Crippen LogP contribution in [0.4, 0.5) is 11.6 Å². The maximum atomic E-state index is 12.7. The van der Waals surface area contributed by atoms with Gasteiger partial charge in [0.15, 0.2) is 11.2 Å². The highest BCUT2D eigenvalue weighted by atomic mass is 35.5. The van der Waals surface area contributed by atoms with Crippen LogP contribution >= 0.6 is 11.6 Å². The predicted octanol–water partition coefficient (Wildman–Crippen LogP) is 1.40. The monoisotopic (exact) mass is 401 g/mol. The average molecular weight is 402 g/mol. The van der Waals surface area contributed by atoms with Crippen LogP contribution in [0, 0.1) is 0 Å². The molecule has 0 radical (unpaired) electrons. The summed E-state index contributed by atoms with van der Waals surface area (Å²) in [5.74, 6) is 0.548. The Bertz CT molecular complexity index is 1220. The zero-order valence-electron chi connectivity index (χ0n) is 15.8. The molecule has 0 atom stereocenters. The molecule has 0 bridgehead atoms. The van der Waals surface area contributed by atoms with Crippen molar-refractivity contribution in [2.75, 3.05) is 23.4 Å². The number of aromatic nitrogens is 4. The third kappa shape index (κ3) is 2.97. The highest BCUT2D eigenvalue weighted by molar-refractivity contribution is 6.30. The third-order valence-corrected chi connectivity index (χ3v) is 4.95. The van der Waals surface area contributed by atoms with Crippen molar-refractivity contribution in [2.24, 2.45) is 19.2 Å². The van der Waals surface area contributed by atoms with Crippen molar-refractivity contribution >= 4 is 40.1 Å². The second-order valence-corrected chi connectivity index (χ2v) is 7.21. The molecule has 3 heterocycles. The summed E-state index contributed by atoms with van der Waals surface area (Å²) in [6.07, 6.45) is 0. The summed E-state index contributed by atoms with van der Waals surface area (Å²) in [5.41, 5.74) is 1.77. The minimum absolute atomic E-state index is 0.358. The van der Waals surface area contributed by atoms with Crippen LogP contribution in [0.3, 0.4) is 0 Å². The molecule has 3 aromatic rings. The number of hydrogen-bond acceptors (Lipinski definition) is 6. The molecule has 0 aliphatic carbocycles. The molecule has 2 aromatic heterocycles. The summed E-state index contributed by atoms with van der Waals surface area (Å²) in [6.45, 7) is 3.48. The number of hydrogen-bond donors (Lipinski definition) is 1. The SMILES string of the molecule is CC1=NN(CCNc2cccc(Cl)c2)c2nc3c(c(=O)n(C)c(=O)n3C)n2C1.